The molecule has 0 aromatic rings. The molecule has 32 heavy (non-hydrogen) atoms. The molecule has 2 fully saturated rings. The molecule has 2 heterocycles. The third-order valence-electron chi connectivity index (χ3n) is 7.76. The van der Waals surface area contributed by atoms with E-state index in [0.717, 1.165) is 44.3 Å². The van der Waals surface area contributed by atoms with Crippen molar-refractivity contribution in [2.45, 2.75) is 108 Å². The second kappa shape index (κ2) is 9.19. The Morgan fingerprint density at radius 1 is 1.16 bits per heavy atom. The summed E-state index contributed by atoms with van der Waals surface area (Å²) in [6, 6.07) is -0.558. The topological polar surface area (TPSA) is 95.9 Å². The Kier molecular flexibility index (Phi) is 7.13. The maximum Gasteiger partial charge on any atom is 0.330 e. The van der Waals surface area contributed by atoms with Crippen LogP contribution in [0.5, 0.6) is 0 Å². The largest absolute Gasteiger partial charge is 0.547 e. The lowest BCUT2D eigenvalue weighted by molar-refractivity contribution is -0.145. The minimum Gasteiger partial charge on any atom is -0.547 e. The number of carboxylic acid groups (broad SMARTS) is 1. The highest BCUT2D eigenvalue weighted by Gasteiger charge is 2.61. The average molecular weight is 465 g/mol. The Labute approximate surface area is 193 Å². The van der Waals surface area contributed by atoms with Crippen molar-refractivity contribution in [2.24, 2.45) is 5.92 Å². The molecule has 0 spiro atoms. The Morgan fingerprint density at radius 3 is 2.44 bits per heavy atom. The van der Waals surface area contributed by atoms with Crippen LogP contribution < -0.4 is 5.32 Å². The molecule has 3 rings (SSSR count). The first-order valence-electron chi connectivity index (χ1n) is 12.1. The van der Waals surface area contributed by atoms with Crippen molar-refractivity contribution >= 4 is 26.1 Å². The Hall–Kier alpha value is -1.83. The van der Waals surface area contributed by atoms with Crippen molar-refractivity contribution in [2.75, 3.05) is 6.54 Å². The first kappa shape index (κ1) is 24.8. The predicted octanol–water partition coefficient (Wildman–Crippen LogP) is 4.20. The van der Waals surface area contributed by atoms with Gasteiger partial charge in [-0.15, -0.1) is 0 Å². The molecule has 0 aromatic heterocycles. The van der Waals surface area contributed by atoms with Gasteiger partial charge < -0.3 is 19.7 Å². The van der Waals surface area contributed by atoms with E-state index in [1.54, 1.807) is 4.90 Å². The van der Waals surface area contributed by atoms with Gasteiger partial charge in [0.2, 0.25) is 20.1 Å². The lowest BCUT2D eigenvalue weighted by atomic mass is 10.1. The van der Waals surface area contributed by atoms with Crippen molar-refractivity contribution in [1.29, 1.82) is 0 Å². The summed E-state index contributed by atoms with van der Waals surface area (Å²) >= 11 is 0. The summed E-state index contributed by atoms with van der Waals surface area (Å²) in [4.78, 5) is 39.6. The van der Waals surface area contributed by atoms with Gasteiger partial charge in [0.1, 0.15) is 11.6 Å². The molecule has 7 nitrogen and oxygen atoms in total. The van der Waals surface area contributed by atoms with E-state index in [9.17, 15) is 19.5 Å². The standard InChI is InChI=1S/C24H40N2O5Si/c1-23(2,3)32(4,5)31-18-11-8-6-7-9-13-20(27)26-14-10-12-19(26)21(28)25-24(22(29)30)16-17(24)15-18/h15,17,19H,6-14,16H2,1-5H3,(H,25,28)(H,29,30). The number of fused-ring (bicyclic) bond motifs is 2. The van der Waals surface area contributed by atoms with Crippen LogP contribution in [0.3, 0.4) is 0 Å². The highest BCUT2D eigenvalue weighted by atomic mass is 28.4. The highest BCUT2D eigenvalue weighted by molar-refractivity contribution is 6.74. The minimum atomic E-state index is -2.07. The van der Waals surface area contributed by atoms with Crippen molar-refractivity contribution in [3.8, 4) is 0 Å². The van der Waals surface area contributed by atoms with Crippen LogP contribution in [-0.2, 0) is 18.8 Å². The average Bonchev–Trinajstić information content (AvgIpc) is 3.13. The van der Waals surface area contributed by atoms with Gasteiger partial charge in [0.05, 0.1) is 5.76 Å². The maximum atomic E-state index is 13.1. The zero-order chi connectivity index (χ0) is 23.7. The van der Waals surface area contributed by atoms with E-state index in [2.05, 4.69) is 39.2 Å². The molecule has 0 bridgehead atoms. The summed E-state index contributed by atoms with van der Waals surface area (Å²) in [5.74, 6) is -0.768. The van der Waals surface area contributed by atoms with Crippen molar-refractivity contribution in [1.82, 2.24) is 10.2 Å². The molecule has 1 saturated carbocycles. The van der Waals surface area contributed by atoms with Gasteiger partial charge in [-0.05, 0) is 56.3 Å². The Balaban J connectivity index is 1.86. The number of carboxylic acids is 1. The van der Waals surface area contributed by atoms with E-state index in [-0.39, 0.29) is 22.8 Å². The molecular formula is C24H40N2O5Si. The molecule has 0 aromatic carbocycles. The first-order chi connectivity index (χ1) is 14.9. The number of hydrogen-bond donors (Lipinski definition) is 2. The third-order valence-corrected chi connectivity index (χ3v) is 12.1. The van der Waals surface area contributed by atoms with Crippen LogP contribution in [0.25, 0.3) is 0 Å². The quantitative estimate of drug-likeness (QED) is 0.610. The Bertz CT molecular complexity index is 788. The molecule has 8 heteroatoms. The number of carbonyl (C=O) groups is 3. The van der Waals surface area contributed by atoms with Gasteiger partial charge in [-0.2, -0.15) is 0 Å². The predicted molar refractivity (Wildman–Crippen MR) is 125 cm³/mol. The van der Waals surface area contributed by atoms with E-state index in [1.165, 1.54) is 0 Å². The van der Waals surface area contributed by atoms with Gasteiger partial charge in [0.15, 0.2) is 0 Å². The SMILES string of the molecule is CC(C)(C)[Si](C)(C)OC1=CC2CC2(C(=O)O)NC(=O)C2CCCN2C(=O)CCCCCC1. The zero-order valence-corrected chi connectivity index (χ0v) is 21.3. The number of nitrogens with zero attached hydrogens (tertiary/aromatic N) is 1. The molecule has 2 aliphatic heterocycles. The fraction of sp³-hybridized carbons (Fsp3) is 0.792. The first-order valence-corrected chi connectivity index (χ1v) is 15.0. The maximum absolute atomic E-state index is 13.1. The van der Waals surface area contributed by atoms with Gasteiger partial charge in [0.25, 0.3) is 0 Å². The zero-order valence-electron chi connectivity index (χ0n) is 20.3. The molecule has 2 N–H and O–H groups in total. The van der Waals surface area contributed by atoms with Gasteiger partial charge in [-0.25, -0.2) is 4.79 Å². The summed E-state index contributed by atoms with van der Waals surface area (Å²) in [5, 5.41) is 12.9. The molecule has 2 amide bonds. The van der Waals surface area contributed by atoms with Crippen molar-refractivity contribution < 1.29 is 23.9 Å². The Morgan fingerprint density at radius 2 is 1.81 bits per heavy atom. The van der Waals surface area contributed by atoms with E-state index in [1.807, 2.05) is 6.08 Å². The smallest absolute Gasteiger partial charge is 0.330 e. The molecule has 3 aliphatic rings. The van der Waals surface area contributed by atoms with Crippen LogP contribution in [0.1, 0.15) is 78.6 Å². The van der Waals surface area contributed by atoms with E-state index in [4.69, 9.17) is 4.43 Å². The molecule has 3 atom stereocenters. The van der Waals surface area contributed by atoms with Crippen LogP contribution in [-0.4, -0.2) is 54.2 Å². The van der Waals surface area contributed by atoms with E-state index in [0.29, 0.717) is 25.8 Å². The molecule has 3 unspecified atom stereocenters. The molecule has 0 radical (unpaired) electrons. The number of rotatable bonds is 3. The number of nitrogens with one attached hydrogen (secondary N) is 1. The number of amides is 2. The van der Waals surface area contributed by atoms with Crippen LogP contribution in [0.15, 0.2) is 11.8 Å². The fourth-order valence-corrected chi connectivity index (χ4v) is 5.65. The summed E-state index contributed by atoms with van der Waals surface area (Å²) in [6.45, 7) is 11.5. The lowest BCUT2D eigenvalue weighted by Gasteiger charge is -2.37. The summed E-state index contributed by atoms with van der Waals surface area (Å²) < 4.78 is 6.59. The minimum absolute atomic E-state index is 0.00863. The van der Waals surface area contributed by atoms with Gasteiger partial charge in [0, 0.05) is 25.3 Å². The van der Waals surface area contributed by atoms with Crippen molar-refractivity contribution in [3.63, 3.8) is 0 Å². The molecule has 1 saturated heterocycles. The highest BCUT2D eigenvalue weighted by Crippen LogP contribution is 2.47. The van der Waals surface area contributed by atoms with Crippen LogP contribution >= 0.6 is 0 Å². The molecular weight excluding hydrogens is 424 g/mol. The third kappa shape index (κ3) is 5.21. The second-order valence-electron chi connectivity index (χ2n) is 11.2. The monoisotopic (exact) mass is 464 g/mol. The number of aliphatic carboxylic acids is 1. The second-order valence-corrected chi connectivity index (χ2v) is 16.0. The lowest BCUT2D eigenvalue weighted by Crippen LogP contribution is -2.53. The van der Waals surface area contributed by atoms with Gasteiger partial charge >= 0.3 is 5.97 Å². The number of hydrogen-bond acceptors (Lipinski definition) is 4. The fourth-order valence-electron chi connectivity index (χ4n) is 4.52. The molecule has 1 aliphatic carbocycles. The molecule has 180 valence electrons. The number of allylic oxidation sites excluding steroid dienone is 1. The van der Waals surface area contributed by atoms with Crippen LogP contribution in [0.2, 0.25) is 18.1 Å². The van der Waals surface area contributed by atoms with Crippen LogP contribution in [0.4, 0.5) is 0 Å². The van der Waals surface area contributed by atoms with E-state index < -0.39 is 25.9 Å². The summed E-state index contributed by atoms with van der Waals surface area (Å²) in [7, 11) is -2.07. The van der Waals surface area contributed by atoms with Gasteiger partial charge in [-0.3, -0.25) is 9.59 Å². The summed E-state index contributed by atoms with van der Waals surface area (Å²) in [6.07, 6.45) is 8.62. The van der Waals surface area contributed by atoms with Crippen molar-refractivity contribution in [3.05, 3.63) is 11.8 Å². The number of carbonyl (C=O) groups excluding carboxylic acids is 2. The van der Waals surface area contributed by atoms with E-state index >= 15 is 0 Å². The normalized spacial score (nSPS) is 30.3. The van der Waals surface area contributed by atoms with Crippen LogP contribution in [0, 0.1) is 5.92 Å². The summed E-state index contributed by atoms with van der Waals surface area (Å²) in [5.41, 5.74) is -1.30. The van der Waals surface area contributed by atoms with Gasteiger partial charge in [-0.1, -0.05) is 33.6 Å².